The standard InChI is InChI=1S/C17H13Cl2N3O4S/c18-11-3-1-10(2-4-11)9-22-16(23)14(19)15(17(22)24)21-12-5-7-13(8-6-12)27(20,25)26/h1-8,21H,9H2,(H2,20,25,26). The van der Waals surface area contributed by atoms with Crippen LogP contribution in [-0.4, -0.2) is 25.1 Å². The van der Waals surface area contributed by atoms with Crippen LogP contribution in [-0.2, 0) is 26.2 Å². The number of nitrogens with one attached hydrogen (secondary N) is 1. The molecule has 1 aliphatic rings. The molecular weight excluding hydrogens is 413 g/mol. The fraction of sp³-hybridized carbons (Fsp3) is 0.0588. The van der Waals surface area contributed by atoms with Gasteiger partial charge in [-0.05, 0) is 42.0 Å². The van der Waals surface area contributed by atoms with E-state index >= 15 is 0 Å². The van der Waals surface area contributed by atoms with Crippen molar-refractivity contribution in [3.8, 4) is 0 Å². The number of nitrogens with two attached hydrogens (primary N) is 1. The zero-order chi connectivity index (χ0) is 19.8. The number of imide groups is 1. The molecular formula is C17H13Cl2N3O4S. The van der Waals surface area contributed by atoms with E-state index in [9.17, 15) is 18.0 Å². The molecule has 0 aromatic heterocycles. The summed E-state index contributed by atoms with van der Waals surface area (Å²) in [6.07, 6.45) is 0. The van der Waals surface area contributed by atoms with Crippen molar-refractivity contribution in [3.63, 3.8) is 0 Å². The van der Waals surface area contributed by atoms with Gasteiger partial charge in [0, 0.05) is 10.7 Å². The maximum Gasteiger partial charge on any atom is 0.279 e. The van der Waals surface area contributed by atoms with E-state index in [0.29, 0.717) is 16.3 Å². The van der Waals surface area contributed by atoms with Crippen molar-refractivity contribution in [1.82, 2.24) is 4.90 Å². The summed E-state index contributed by atoms with van der Waals surface area (Å²) in [6, 6.07) is 12.1. The van der Waals surface area contributed by atoms with E-state index in [1.807, 2.05) is 0 Å². The predicted molar refractivity (Wildman–Crippen MR) is 101 cm³/mol. The minimum Gasteiger partial charge on any atom is -0.350 e. The van der Waals surface area contributed by atoms with Crippen LogP contribution in [0.25, 0.3) is 0 Å². The number of halogens is 2. The molecule has 2 aromatic carbocycles. The van der Waals surface area contributed by atoms with Gasteiger partial charge in [0.2, 0.25) is 10.0 Å². The first-order valence-electron chi connectivity index (χ1n) is 7.57. The Kier molecular flexibility index (Phi) is 5.25. The van der Waals surface area contributed by atoms with Gasteiger partial charge in [0.1, 0.15) is 10.7 Å². The average molecular weight is 426 g/mol. The second kappa shape index (κ2) is 7.32. The van der Waals surface area contributed by atoms with Gasteiger partial charge in [0.25, 0.3) is 11.8 Å². The third-order valence-electron chi connectivity index (χ3n) is 3.82. The fourth-order valence-electron chi connectivity index (χ4n) is 2.44. The zero-order valence-electron chi connectivity index (χ0n) is 13.6. The van der Waals surface area contributed by atoms with Crippen LogP contribution < -0.4 is 10.5 Å². The molecule has 3 rings (SSSR count). The zero-order valence-corrected chi connectivity index (χ0v) is 16.0. The van der Waals surface area contributed by atoms with Crippen molar-refractivity contribution in [3.05, 3.63) is 69.8 Å². The van der Waals surface area contributed by atoms with Crippen molar-refractivity contribution in [2.75, 3.05) is 5.32 Å². The SMILES string of the molecule is NS(=O)(=O)c1ccc(NC2=C(Cl)C(=O)N(Cc3ccc(Cl)cc3)C2=O)cc1. The molecule has 2 aromatic rings. The van der Waals surface area contributed by atoms with Crippen molar-refractivity contribution in [2.45, 2.75) is 11.4 Å². The van der Waals surface area contributed by atoms with Crippen LogP contribution in [0.1, 0.15) is 5.56 Å². The number of amides is 2. The highest BCUT2D eigenvalue weighted by Gasteiger charge is 2.37. The summed E-state index contributed by atoms with van der Waals surface area (Å²) in [7, 11) is -3.83. The Labute approximate surface area is 165 Å². The molecule has 0 saturated carbocycles. The maximum atomic E-state index is 12.6. The molecule has 1 heterocycles. The van der Waals surface area contributed by atoms with Crippen LogP contribution >= 0.6 is 23.2 Å². The van der Waals surface area contributed by atoms with Gasteiger partial charge in [0.15, 0.2) is 0 Å². The maximum absolute atomic E-state index is 12.6. The Morgan fingerprint density at radius 3 is 2.07 bits per heavy atom. The minimum absolute atomic E-state index is 0.0423. The molecule has 0 bridgehead atoms. The van der Waals surface area contributed by atoms with E-state index in [4.69, 9.17) is 28.3 Å². The molecule has 3 N–H and O–H groups in total. The molecule has 10 heteroatoms. The van der Waals surface area contributed by atoms with E-state index < -0.39 is 21.8 Å². The number of benzene rings is 2. The number of rotatable bonds is 5. The summed E-state index contributed by atoms with van der Waals surface area (Å²) in [5.74, 6) is -1.21. The van der Waals surface area contributed by atoms with Gasteiger partial charge in [0.05, 0.1) is 11.4 Å². The van der Waals surface area contributed by atoms with Crippen LogP contribution in [0.2, 0.25) is 5.02 Å². The molecule has 7 nitrogen and oxygen atoms in total. The van der Waals surface area contributed by atoms with Crippen molar-refractivity contribution >= 4 is 50.7 Å². The Hall–Kier alpha value is -2.39. The van der Waals surface area contributed by atoms with E-state index in [2.05, 4.69) is 5.32 Å². The lowest BCUT2D eigenvalue weighted by atomic mass is 10.2. The topological polar surface area (TPSA) is 110 Å². The second-order valence-electron chi connectivity index (χ2n) is 5.71. The lowest BCUT2D eigenvalue weighted by Crippen LogP contribution is -2.31. The van der Waals surface area contributed by atoms with E-state index in [1.165, 1.54) is 24.3 Å². The lowest BCUT2D eigenvalue weighted by molar-refractivity contribution is -0.138. The number of carbonyl (C=O) groups is 2. The third-order valence-corrected chi connectivity index (χ3v) is 5.35. The minimum atomic E-state index is -3.83. The first kappa shape index (κ1) is 19.4. The smallest absolute Gasteiger partial charge is 0.279 e. The Morgan fingerprint density at radius 2 is 1.52 bits per heavy atom. The quantitative estimate of drug-likeness (QED) is 0.714. The number of hydrogen-bond acceptors (Lipinski definition) is 5. The van der Waals surface area contributed by atoms with Crippen molar-refractivity contribution in [1.29, 1.82) is 0 Å². The summed E-state index contributed by atoms with van der Waals surface area (Å²) < 4.78 is 22.6. The molecule has 0 aliphatic carbocycles. The first-order valence-corrected chi connectivity index (χ1v) is 9.87. The molecule has 0 radical (unpaired) electrons. The summed E-state index contributed by atoms with van der Waals surface area (Å²) in [5.41, 5.74) is 1.01. The average Bonchev–Trinajstić information content (AvgIpc) is 2.81. The molecule has 0 fully saturated rings. The number of primary sulfonamides is 1. The normalized spacial score (nSPS) is 14.9. The summed E-state index contributed by atoms with van der Waals surface area (Å²) in [4.78, 5) is 25.8. The molecule has 0 unspecified atom stereocenters. The number of carbonyl (C=O) groups excluding carboxylic acids is 2. The molecule has 2 amide bonds. The Morgan fingerprint density at radius 1 is 0.926 bits per heavy atom. The van der Waals surface area contributed by atoms with Gasteiger partial charge >= 0.3 is 0 Å². The summed E-state index contributed by atoms with van der Waals surface area (Å²) in [5, 5.41) is 8.09. The number of hydrogen-bond donors (Lipinski definition) is 2. The van der Waals surface area contributed by atoms with Gasteiger partial charge in [-0.1, -0.05) is 35.3 Å². The Balaban J connectivity index is 1.79. The first-order chi connectivity index (χ1) is 12.7. The van der Waals surface area contributed by atoms with Crippen molar-refractivity contribution < 1.29 is 18.0 Å². The molecule has 0 atom stereocenters. The highest BCUT2D eigenvalue weighted by molar-refractivity contribution is 7.89. The van der Waals surface area contributed by atoms with Crippen molar-refractivity contribution in [2.24, 2.45) is 5.14 Å². The van der Waals surface area contributed by atoms with Crippen LogP contribution in [0.5, 0.6) is 0 Å². The lowest BCUT2D eigenvalue weighted by Gasteiger charge is -2.15. The molecule has 1 aliphatic heterocycles. The van der Waals surface area contributed by atoms with Gasteiger partial charge in [-0.2, -0.15) is 0 Å². The molecule has 0 saturated heterocycles. The predicted octanol–water partition coefficient (Wildman–Crippen LogP) is 2.42. The van der Waals surface area contributed by atoms with Gasteiger partial charge in [-0.3, -0.25) is 14.5 Å². The largest absolute Gasteiger partial charge is 0.350 e. The van der Waals surface area contributed by atoms with E-state index in [-0.39, 0.29) is 22.2 Å². The molecule has 140 valence electrons. The Bertz CT molecular complexity index is 1050. The van der Waals surface area contributed by atoms with Crippen LogP contribution in [0.4, 0.5) is 5.69 Å². The van der Waals surface area contributed by atoms with Crippen LogP contribution in [0.3, 0.4) is 0 Å². The van der Waals surface area contributed by atoms with Crippen LogP contribution in [0.15, 0.2) is 64.2 Å². The van der Waals surface area contributed by atoms with E-state index in [0.717, 1.165) is 4.90 Å². The van der Waals surface area contributed by atoms with Gasteiger partial charge in [-0.25, -0.2) is 13.6 Å². The number of sulfonamides is 1. The number of nitrogens with zero attached hydrogens (tertiary/aromatic N) is 1. The third kappa shape index (κ3) is 4.14. The summed E-state index contributed by atoms with van der Waals surface area (Å²) >= 11 is 11.9. The second-order valence-corrected chi connectivity index (χ2v) is 8.08. The van der Waals surface area contributed by atoms with Gasteiger partial charge in [-0.15, -0.1) is 0 Å². The number of anilines is 1. The van der Waals surface area contributed by atoms with E-state index in [1.54, 1.807) is 24.3 Å². The van der Waals surface area contributed by atoms with Crippen LogP contribution in [0, 0.1) is 0 Å². The monoisotopic (exact) mass is 425 g/mol. The van der Waals surface area contributed by atoms with Gasteiger partial charge < -0.3 is 5.32 Å². The highest BCUT2D eigenvalue weighted by Crippen LogP contribution is 2.27. The summed E-state index contributed by atoms with van der Waals surface area (Å²) in [6.45, 7) is 0.0423. The molecule has 27 heavy (non-hydrogen) atoms. The fourth-order valence-corrected chi connectivity index (χ4v) is 3.31. The highest BCUT2D eigenvalue weighted by atomic mass is 35.5. The molecule has 0 spiro atoms.